The summed E-state index contributed by atoms with van der Waals surface area (Å²) in [4.78, 5) is 16.8. The van der Waals surface area contributed by atoms with Crippen LogP contribution in [0.4, 0.5) is 5.82 Å². The second-order valence-electron chi connectivity index (χ2n) is 6.54. The number of carbonyl (C=O) groups is 1. The number of benzene rings is 1. The Balaban J connectivity index is 1.51. The van der Waals surface area contributed by atoms with Crippen molar-refractivity contribution in [2.75, 3.05) is 5.32 Å². The van der Waals surface area contributed by atoms with Gasteiger partial charge < -0.3 is 5.32 Å². The normalized spacial score (nSPS) is 10.8. The number of pyridine rings is 1. The first kappa shape index (κ1) is 17.7. The van der Waals surface area contributed by atoms with E-state index in [-0.39, 0.29) is 5.91 Å². The first-order valence-corrected chi connectivity index (χ1v) is 8.98. The highest BCUT2D eigenvalue weighted by molar-refractivity contribution is 6.03. The monoisotopic (exact) mass is 372 g/mol. The van der Waals surface area contributed by atoms with E-state index in [9.17, 15) is 4.79 Å². The number of carbonyl (C=O) groups excluding carboxylic acids is 1. The number of nitrogens with one attached hydrogen (secondary N) is 1. The molecule has 140 valence electrons. The Morgan fingerprint density at radius 1 is 1.00 bits per heavy atom. The summed E-state index contributed by atoms with van der Waals surface area (Å²) in [6.07, 6.45) is 7.13. The van der Waals surface area contributed by atoms with Crippen LogP contribution in [0.1, 0.15) is 27.2 Å². The molecule has 3 aromatic heterocycles. The van der Waals surface area contributed by atoms with Crippen LogP contribution in [0.5, 0.6) is 0 Å². The SMILES string of the molecule is Cc1cc(NC(=O)c2cccc(Cn3cccn3)c2)n(Cc2ccncc2)n1. The van der Waals surface area contributed by atoms with Crippen LogP contribution in [0.25, 0.3) is 0 Å². The molecule has 0 aliphatic heterocycles. The number of anilines is 1. The Morgan fingerprint density at radius 2 is 1.86 bits per heavy atom. The molecule has 3 heterocycles. The molecule has 1 aromatic carbocycles. The number of aromatic nitrogens is 5. The van der Waals surface area contributed by atoms with Gasteiger partial charge in [0.05, 0.1) is 18.8 Å². The molecule has 4 rings (SSSR count). The molecule has 0 saturated heterocycles. The quantitative estimate of drug-likeness (QED) is 0.564. The second kappa shape index (κ2) is 7.87. The third kappa shape index (κ3) is 4.15. The summed E-state index contributed by atoms with van der Waals surface area (Å²) in [5.74, 6) is 0.495. The van der Waals surface area contributed by atoms with Crippen molar-refractivity contribution in [1.82, 2.24) is 24.5 Å². The van der Waals surface area contributed by atoms with Crippen molar-refractivity contribution in [1.29, 1.82) is 0 Å². The highest BCUT2D eigenvalue weighted by atomic mass is 16.1. The van der Waals surface area contributed by atoms with E-state index in [0.717, 1.165) is 16.8 Å². The minimum atomic E-state index is -0.168. The van der Waals surface area contributed by atoms with Crippen molar-refractivity contribution in [2.24, 2.45) is 0 Å². The lowest BCUT2D eigenvalue weighted by Crippen LogP contribution is -2.16. The van der Waals surface area contributed by atoms with Gasteiger partial charge in [-0.15, -0.1) is 0 Å². The molecule has 0 unspecified atom stereocenters. The lowest BCUT2D eigenvalue weighted by Gasteiger charge is -2.10. The summed E-state index contributed by atoms with van der Waals surface area (Å²) in [5.41, 5.74) is 3.52. The van der Waals surface area contributed by atoms with Crippen molar-refractivity contribution in [2.45, 2.75) is 20.0 Å². The Bertz CT molecular complexity index is 1070. The van der Waals surface area contributed by atoms with Crippen LogP contribution in [0.15, 0.2) is 73.3 Å². The highest BCUT2D eigenvalue weighted by Gasteiger charge is 2.12. The van der Waals surface area contributed by atoms with Crippen molar-refractivity contribution < 1.29 is 4.79 Å². The van der Waals surface area contributed by atoms with E-state index < -0.39 is 0 Å². The van der Waals surface area contributed by atoms with Crippen molar-refractivity contribution in [3.8, 4) is 0 Å². The first-order chi connectivity index (χ1) is 13.7. The number of amides is 1. The van der Waals surface area contributed by atoms with Gasteiger partial charge in [0, 0.05) is 36.4 Å². The van der Waals surface area contributed by atoms with Crippen LogP contribution < -0.4 is 5.32 Å². The van der Waals surface area contributed by atoms with Crippen LogP contribution in [0.2, 0.25) is 0 Å². The van der Waals surface area contributed by atoms with Gasteiger partial charge in [-0.2, -0.15) is 10.2 Å². The molecule has 4 aromatic rings. The molecule has 1 N–H and O–H groups in total. The molecule has 7 heteroatoms. The van der Waals surface area contributed by atoms with E-state index in [1.165, 1.54) is 0 Å². The number of hydrogen-bond donors (Lipinski definition) is 1. The van der Waals surface area contributed by atoms with E-state index in [1.807, 2.05) is 60.3 Å². The zero-order chi connectivity index (χ0) is 19.3. The predicted octanol–water partition coefficient (Wildman–Crippen LogP) is 3.13. The topological polar surface area (TPSA) is 77.6 Å². The summed E-state index contributed by atoms with van der Waals surface area (Å²) >= 11 is 0. The van der Waals surface area contributed by atoms with E-state index in [4.69, 9.17) is 0 Å². The fourth-order valence-electron chi connectivity index (χ4n) is 3.01. The fourth-order valence-corrected chi connectivity index (χ4v) is 3.01. The van der Waals surface area contributed by atoms with Gasteiger partial charge in [0.15, 0.2) is 0 Å². The average molecular weight is 372 g/mol. The highest BCUT2D eigenvalue weighted by Crippen LogP contribution is 2.15. The third-order valence-corrected chi connectivity index (χ3v) is 4.32. The summed E-state index contributed by atoms with van der Waals surface area (Å²) in [6, 6.07) is 15.2. The summed E-state index contributed by atoms with van der Waals surface area (Å²) in [6.45, 7) is 3.09. The van der Waals surface area contributed by atoms with Crippen LogP contribution in [0, 0.1) is 6.92 Å². The van der Waals surface area contributed by atoms with Gasteiger partial charge in [-0.1, -0.05) is 12.1 Å². The molecule has 28 heavy (non-hydrogen) atoms. The lowest BCUT2D eigenvalue weighted by molar-refractivity contribution is 0.102. The molecule has 0 fully saturated rings. The van der Waals surface area contributed by atoms with Gasteiger partial charge in [-0.05, 0) is 48.4 Å². The molecule has 0 atom stereocenters. The minimum absolute atomic E-state index is 0.168. The number of hydrogen-bond acceptors (Lipinski definition) is 4. The molecular weight excluding hydrogens is 352 g/mol. The number of nitrogens with zero attached hydrogens (tertiary/aromatic N) is 5. The van der Waals surface area contributed by atoms with Crippen LogP contribution in [-0.4, -0.2) is 30.5 Å². The van der Waals surface area contributed by atoms with Crippen molar-refractivity contribution in [3.63, 3.8) is 0 Å². The Kier molecular flexibility index (Phi) is 4.97. The summed E-state index contributed by atoms with van der Waals surface area (Å²) < 4.78 is 3.61. The largest absolute Gasteiger partial charge is 0.307 e. The third-order valence-electron chi connectivity index (χ3n) is 4.32. The smallest absolute Gasteiger partial charge is 0.256 e. The van der Waals surface area contributed by atoms with Crippen molar-refractivity contribution in [3.05, 3.63) is 95.7 Å². The average Bonchev–Trinajstić information content (AvgIpc) is 3.32. The lowest BCUT2D eigenvalue weighted by atomic mass is 10.1. The van der Waals surface area contributed by atoms with E-state index >= 15 is 0 Å². The molecule has 0 bridgehead atoms. The Morgan fingerprint density at radius 3 is 2.64 bits per heavy atom. The molecule has 0 radical (unpaired) electrons. The van der Waals surface area contributed by atoms with Gasteiger partial charge in [0.1, 0.15) is 5.82 Å². The van der Waals surface area contributed by atoms with Crippen LogP contribution in [-0.2, 0) is 13.1 Å². The van der Waals surface area contributed by atoms with Gasteiger partial charge in [0.2, 0.25) is 0 Å². The molecule has 0 aliphatic carbocycles. The molecular formula is C21H20N6O. The number of aryl methyl sites for hydroxylation is 1. The molecule has 7 nitrogen and oxygen atoms in total. The maximum absolute atomic E-state index is 12.8. The fraction of sp³-hybridized carbons (Fsp3) is 0.143. The van der Waals surface area contributed by atoms with Crippen LogP contribution in [0.3, 0.4) is 0 Å². The zero-order valence-corrected chi connectivity index (χ0v) is 15.5. The predicted molar refractivity (Wildman–Crippen MR) is 106 cm³/mol. The molecule has 0 spiro atoms. The van der Waals surface area contributed by atoms with Gasteiger partial charge in [0.25, 0.3) is 5.91 Å². The molecule has 0 aliphatic rings. The molecule has 0 saturated carbocycles. The Hall–Kier alpha value is -3.74. The van der Waals surface area contributed by atoms with Crippen LogP contribution >= 0.6 is 0 Å². The van der Waals surface area contributed by atoms with E-state index in [1.54, 1.807) is 29.3 Å². The van der Waals surface area contributed by atoms with Gasteiger partial charge in [-0.25, -0.2) is 4.68 Å². The van der Waals surface area contributed by atoms with Gasteiger partial charge in [-0.3, -0.25) is 14.5 Å². The minimum Gasteiger partial charge on any atom is -0.307 e. The van der Waals surface area contributed by atoms with Crippen molar-refractivity contribution >= 4 is 11.7 Å². The first-order valence-electron chi connectivity index (χ1n) is 8.98. The maximum atomic E-state index is 12.8. The standard InChI is InChI=1S/C21H20N6O/c1-16-12-20(27(25-16)15-17-6-9-22-10-7-17)24-21(28)19-5-2-4-18(13-19)14-26-11-3-8-23-26/h2-13H,14-15H2,1H3,(H,24,28). The molecule has 1 amide bonds. The summed E-state index contributed by atoms with van der Waals surface area (Å²) in [5, 5.41) is 11.7. The Labute approximate surface area is 162 Å². The van der Waals surface area contributed by atoms with Gasteiger partial charge >= 0.3 is 0 Å². The summed E-state index contributed by atoms with van der Waals surface area (Å²) in [7, 11) is 0. The zero-order valence-electron chi connectivity index (χ0n) is 15.5. The second-order valence-corrected chi connectivity index (χ2v) is 6.54. The van der Waals surface area contributed by atoms with E-state index in [2.05, 4.69) is 20.5 Å². The number of rotatable bonds is 6. The maximum Gasteiger partial charge on any atom is 0.256 e. The van der Waals surface area contributed by atoms with E-state index in [0.29, 0.717) is 24.5 Å².